The molecule has 0 spiro atoms. The van der Waals surface area contributed by atoms with Crippen LogP contribution in [0.2, 0.25) is 5.02 Å². The third kappa shape index (κ3) is 2.38. The van der Waals surface area contributed by atoms with E-state index in [0.717, 1.165) is 11.8 Å². The third-order valence-electron chi connectivity index (χ3n) is 3.01. The van der Waals surface area contributed by atoms with Gasteiger partial charge in [0.15, 0.2) is 0 Å². The van der Waals surface area contributed by atoms with Crippen LogP contribution in [0.4, 0.5) is 10.5 Å². The molecule has 0 saturated heterocycles. The van der Waals surface area contributed by atoms with Gasteiger partial charge in [0.25, 0.3) is 5.24 Å². The second kappa shape index (κ2) is 4.64. The Kier molecular flexibility index (Phi) is 3.19. The number of carbonyl (C=O) groups excluding carboxylic acids is 1. The highest BCUT2D eigenvalue weighted by molar-refractivity contribution is 8.14. The molecule has 2 aliphatic rings. The van der Waals surface area contributed by atoms with Gasteiger partial charge in [0.2, 0.25) is 10.0 Å². The maximum absolute atomic E-state index is 11.6. The molecule has 0 bridgehead atoms. The summed E-state index contributed by atoms with van der Waals surface area (Å²) in [5, 5.41) is 4.03. The number of benzene rings is 1. The summed E-state index contributed by atoms with van der Waals surface area (Å²) in [6.07, 6.45) is 0. The van der Waals surface area contributed by atoms with Gasteiger partial charge in [-0.3, -0.25) is 9.52 Å². The molecule has 2 N–H and O–H groups in total. The molecule has 106 valence electrons. The third-order valence-corrected chi connectivity index (χ3v) is 5.39. The molecule has 1 atom stereocenters. The Morgan fingerprint density at radius 1 is 1.45 bits per heavy atom. The molecular formula is C11H10ClN3O3S2. The summed E-state index contributed by atoms with van der Waals surface area (Å²) in [6, 6.07) is 3.40. The summed E-state index contributed by atoms with van der Waals surface area (Å²) in [4.78, 5) is 11.2. The van der Waals surface area contributed by atoms with Crippen LogP contribution < -0.4 is 10.1 Å². The number of anilines is 1. The van der Waals surface area contributed by atoms with E-state index in [1.165, 1.54) is 0 Å². The molecule has 0 saturated carbocycles. The van der Waals surface area contributed by atoms with Crippen LogP contribution >= 0.6 is 23.4 Å². The highest BCUT2D eigenvalue weighted by Crippen LogP contribution is 2.36. The van der Waals surface area contributed by atoms with E-state index < -0.39 is 10.0 Å². The molecule has 0 aromatic heterocycles. The number of nitrogens with one attached hydrogen (secondary N) is 2. The van der Waals surface area contributed by atoms with Gasteiger partial charge in [0, 0.05) is 5.56 Å². The van der Waals surface area contributed by atoms with E-state index in [1.807, 2.05) is 6.92 Å². The van der Waals surface area contributed by atoms with Crippen LogP contribution in [-0.2, 0) is 15.8 Å². The average Bonchev–Trinajstić information content (AvgIpc) is 2.64. The van der Waals surface area contributed by atoms with Crippen molar-refractivity contribution >= 4 is 50.0 Å². The number of hydrogen-bond donors (Lipinski definition) is 2. The molecule has 2 heterocycles. The lowest BCUT2D eigenvalue weighted by atomic mass is 10.0. The molecule has 9 heteroatoms. The van der Waals surface area contributed by atoms with Crippen molar-refractivity contribution in [3.63, 3.8) is 0 Å². The van der Waals surface area contributed by atoms with E-state index in [1.54, 1.807) is 12.1 Å². The Balaban J connectivity index is 2.06. The van der Waals surface area contributed by atoms with Gasteiger partial charge in [-0.05, 0) is 24.6 Å². The molecule has 1 unspecified atom stereocenters. The molecular weight excluding hydrogens is 322 g/mol. The zero-order valence-corrected chi connectivity index (χ0v) is 12.7. The smallest absolute Gasteiger partial charge is 0.281 e. The number of nitrogens with zero attached hydrogens (tertiary/aromatic N) is 1. The monoisotopic (exact) mass is 331 g/mol. The number of carbonyl (C=O) groups is 1. The Morgan fingerprint density at radius 3 is 2.90 bits per heavy atom. The normalized spacial score (nSPS) is 23.6. The number of amides is 1. The fourth-order valence-electron chi connectivity index (χ4n) is 2.17. The molecule has 20 heavy (non-hydrogen) atoms. The van der Waals surface area contributed by atoms with Gasteiger partial charge in [-0.2, -0.15) is 5.10 Å². The second-order valence-corrected chi connectivity index (χ2v) is 7.95. The Bertz CT molecular complexity index is 746. The van der Waals surface area contributed by atoms with Gasteiger partial charge in [-0.15, -0.1) is 0 Å². The van der Waals surface area contributed by atoms with Gasteiger partial charge < -0.3 is 0 Å². The first-order valence-corrected chi connectivity index (χ1v) is 8.64. The first-order chi connectivity index (χ1) is 9.35. The summed E-state index contributed by atoms with van der Waals surface area (Å²) >= 11 is 7.25. The van der Waals surface area contributed by atoms with E-state index in [4.69, 9.17) is 11.6 Å². The summed E-state index contributed by atoms with van der Waals surface area (Å²) in [5.74, 6) is -0.100. The number of sulfonamides is 1. The van der Waals surface area contributed by atoms with E-state index in [-0.39, 0.29) is 16.2 Å². The zero-order valence-electron chi connectivity index (χ0n) is 10.3. The maximum Gasteiger partial charge on any atom is 0.299 e. The van der Waals surface area contributed by atoms with Crippen LogP contribution in [0.3, 0.4) is 0 Å². The van der Waals surface area contributed by atoms with Crippen LogP contribution in [0, 0.1) is 0 Å². The average molecular weight is 332 g/mol. The minimum atomic E-state index is -3.35. The number of rotatable bonds is 1. The number of hydrazone groups is 1. The quantitative estimate of drug-likeness (QED) is 0.825. The fourth-order valence-corrected chi connectivity index (χ4v) is 4.50. The number of halogens is 1. The van der Waals surface area contributed by atoms with Crippen molar-refractivity contribution in [2.45, 2.75) is 17.9 Å². The van der Waals surface area contributed by atoms with Crippen LogP contribution in [-0.4, -0.2) is 24.6 Å². The largest absolute Gasteiger partial charge is 0.299 e. The van der Waals surface area contributed by atoms with Gasteiger partial charge in [-0.25, -0.2) is 13.8 Å². The minimum absolute atomic E-state index is 0.100. The molecule has 0 aliphatic carbocycles. The predicted molar refractivity (Wildman–Crippen MR) is 79.8 cm³/mol. The predicted octanol–water partition coefficient (Wildman–Crippen LogP) is 2.14. The van der Waals surface area contributed by atoms with Crippen molar-refractivity contribution in [2.75, 3.05) is 4.72 Å². The molecule has 3 rings (SSSR count). The highest BCUT2D eigenvalue weighted by Gasteiger charge is 2.29. The first-order valence-electron chi connectivity index (χ1n) is 5.73. The second-order valence-electron chi connectivity index (χ2n) is 4.51. The van der Waals surface area contributed by atoms with E-state index in [0.29, 0.717) is 27.5 Å². The Labute approximate surface area is 125 Å². The van der Waals surface area contributed by atoms with Crippen LogP contribution in [0.5, 0.6) is 0 Å². The van der Waals surface area contributed by atoms with Crippen molar-refractivity contribution in [3.8, 4) is 0 Å². The van der Waals surface area contributed by atoms with Gasteiger partial charge in [-0.1, -0.05) is 23.4 Å². The molecule has 0 fully saturated rings. The standard InChI is InChI=1S/C11H10ClN3O3S2/c1-5-9(13-14-11(16)19-5)6-2-7-4-20(17,18)15-10(7)8(12)3-6/h2-3,5,15H,4H2,1H3,(H,14,16). The lowest BCUT2D eigenvalue weighted by Crippen LogP contribution is -2.29. The van der Waals surface area contributed by atoms with Crippen LogP contribution in [0.15, 0.2) is 17.2 Å². The highest BCUT2D eigenvalue weighted by atomic mass is 35.5. The maximum atomic E-state index is 11.6. The number of fused-ring (bicyclic) bond motifs is 1. The summed E-state index contributed by atoms with van der Waals surface area (Å²) < 4.78 is 25.6. The molecule has 2 aliphatic heterocycles. The molecule has 1 aromatic carbocycles. The van der Waals surface area contributed by atoms with Crippen molar-refractivity contribution in [3.05, 3.63) is 28.3 Å². The molecule has 0 radical (unpaired) electrons. The van der Waals surface area contributed by atoms with Crippen LogP contribution in [0.1, 0.15) is 18.1 Å². The van der Waals surface area contributed by atoms with Gasteiger partial charge in [0.1, 0.15) is 0 Å². The topological polar surface area (TPSA) is 87.6 Å². The zero-order chi connectivity index (χ0) is 14.5. The van der Waals surface area contributed by atoms with E-state index in [2.05, 4.69) is 15.2 Å². The summed E-state index contributed by atoms with van der Waals surface area (Å²) in [5.41, 5.74) is 4.83. The minimum Gasteiger partial charge on any atom is -0.281 e. The van der Waals surface area contributed by atoms with Crippen molar-refractivity contribution in [2.24, 2.45) is 5.10 Å². The first kappa shape index (κ1) is 13.7. The van der Waals surface area contributed by atoms with Crippen LogP contribution in [0.25, 0.3) is 0 Å². The number of hydrogen-bond acceptors (Lipinski definition) is 5. The SMILES string of the molecule is CC1SC(=O)NN=C1c1cc(Cl)c2c(c1)CS(=O)(=O)N2. The molecule has 1 amide bonds. The van der Waals surface area contributed by atoms with E-state index in [9.17, 15) is 13.2 Å². The van der Waals surface area contributed by atoms with Crippen molar-refractivity contribution in [1.29, 1.82) is 0 Å². The van der Waals surface area contributed by atoms with Gasteiger partial charge in [0.05, 0.1) is 27.4 Å². The van der Waals surface area contributed by atoms with Crippen molar-refractivity contribution < 1.29 is 13.2 Å². The lowest BCUT2D eigenvalue weighted by Gasteiger charge is -2.19. The molecule has 1 aromatic rings. The van der Waals surface area contributed by atoms with Crippen molar-refractivity contribution in [1.82, 2.24) is 5.43 Å². The fraction of sp³-hybridized carbons (Fsp3) is 0.273. The summed E-state index contributed by atoms with van der Waals surface area (Å²) in [6.45, 7) is 1.86. The Morgan fingerprint density at radius 2 is 2.20 bits per heavy atom. The molecule has 6 nitrogen and oxygen atoms in total. The lowest BCUT2D eigenvalue weighted by molar-refractivity contribution is 0.261. The van der Waals surface area contributed by atoms with Gasteiger partial charge >= 0.3 is 0 Å². The Hall–Kier alpha value is -1.25. The number of thioether (sulfide) groups is 1. The van der Waals surface area contributed by atoms with E-state index >= 15 is 0 Å². The summed E-state index contributed by atoms with van der Waals surface area (Å²) in [7, 11) is -3.35.